The third-order valence-electron chi connectivity index (χ3n) is 2.82. The molecule has 2 aromatic rings. The van der Waals surface area contributed by atoms with Gasteiger partial charge in [0.1, 0.15) is 23.9 Å². The number of rotatable bonds is 6. The molecule has 21 heavy (non-hydrogen) atoms. The van der Waals surface area contributed by atoms with Crippen LogP contribution in [-0.4, -0.2) is 27.3 Å². The summed E-state index contributed by atoms with van der Waals surface area (Å²) in [5.41, 5.74) is 0.222. The van der Waals surface area contributed by atoms with Crippen LogP contribution in [-0.2, 0) is 6.54 Å². The summed E-state index contributed by atoms with van der Waals surface area (Å²) in [6.07, 6.45) is 0.875. The number of benzene rings is 1. The van der Waals surface area contributed by atoms with E-state index in [-0.39, 0.29) is 24.3 Å². The lowest BCUT2D eigenvalue weighted by molar-refractivity contribution is -0.384. The van der Waals surface area contributed by atoms with Crippen molar-refractivity contribution in [2.45, 2.75) is 12.6 Å². The molecule has 0 aliphatic carbocycles. The van der Waals surface area contributed by atoms with E-state index in [1.165, 1.54) is 18.2 Å². The quantitative estimate of drug-likeness (QED) is 0.618. The Kier molecular flexibility index (Phi) is 4.68. The summed E-state index contributed by atoms with van der Waals surface area (Å²) in [4.78, 5) is 10.1. The maximum absolute atomic E-state index is 10.6. The lowest BCUT2D eigenvalue weighted by Gasteiger charge is -2.14. The summed E-state index contributed by atoms with van der Waals surface area (Å²) in [5, 5.41) is 28.2. The van der Waals surface area contributed by atoms with Crippen LogP contribution < -0.4 is 10.2 Å². The number of aliphatic hydroxyl groups is 1. The van der Waals surface area contributed by atoms with Crippen LogP contribution in [0.2, 0.25) is 0 Å². The first-order valence-corrected chi connectivity index (χ1v) is 6.31. The van der Waals surface area contributed by atoms with E-state index in [0.717, 1.165) is 0 Å². The van der Waals surface area contributed by atoms with Crippen molar-refractivity contribution in [1.82, 2.24) is 4.57 Å². The largest absolute Gasteiger partial charge is 0.491 e. The Morgan fingerprint density at radius 1 is 1.33 bits per heavy atom. The lowest BCUT2D eigenvalue weighted by Crippen LogP contribution is -2.29. The zero-order valence-corrected chi connectivity index (χ0v) is 11.2. The molecule has 7 heteroatoms. The molecule has 1 atom stereocenters. The van der Waals surface area contributed by atoms with Crippen molar-refractivity contribution >= 4 is 5.69 Å². The highest BCUT2D eigenvalue weighted by Crippen LogP contribution is 2.19. The van der Waals surface area contributed by atoms with E-state index in [2.05, 4.69) is 0 Å². The third kappa shape index (κ3) is 4.15. The van der Waals surface area contributed by atoms with Crippen molar-refractivity contribution in [3.63, 3.8) is 0 Å². The molecule has 0 radical (unpaired) electrons. The maximum Gasteiger partial charge on any atom is 0.273 e. The van der Waals surface area contributed by atoms with Crippen LogP contribution >= 0.6 is 0 Å². The molecule has 0 bridgehead atoms. The van der Waals surface area contributed by atoms with Crippen LogP contribution in [0.4, 0.5) is 5.69 Å². The van der Waals surface area contributed by atoms with Crippen molar-refractivity contribution in [1.29, 1.82) is 5.41 Å². The fraction of sp³-hybridized carbons (Fsp3) is 0.214. The van der Waals surface area contributed by atoms with Crippen LogP contribution in [0, 0.1) is 15.5 Å². The molecule has 1 heterocycles. The number of hydrogen-bond donors (Lipinski definition) is 2. The van der Waals surface area contributed by atoms with Gasteiger partial charge in [0.25, 0.3) is 5.69 Å². The van der Waals surface area contributed by atoms with Crippen LogP contribution in [0.1, 0.15) is 0 Å². The molecule has 0 aliphatic heterocycles. The molecule has 1 aromatic heterocycles. The van der Waals surface area contributed by atoms with Crippen molar-refractivity contribution in [3.05, 3.63) is 64.3 Å². The van der Waals surface area contributed by atoms with Crippen LogP contribution in [0.5, 0.6) is 5.75 Å². The summed E-state index contributed by atoms with van der Waals surface area (Å²) >= 11 is 0. The monoisotopic (exact) mass is 289 g/mol. The van der Waals surface area contributed by atoms with Gasteiger partial charge in [-0.15, -0.1) is 0 Å². The average molecular weight is 289 g/mol. The predicted molar refractivity (Wildman–Crippen MR) is 74.9 cm³/mol. The molecule has 2 N–H and O–H groups in total. The highest BCUT2D eigenvalue weighted by atomic mass is 16.6. The topological polar surface area (TPSA) is 101 Å². The Hall–Kier alpha value is -2.67. The second-order valence-corrected chi connectivity index (χ2v) is 4.46. The van der Waals surface area contributed by atoms with Gasteiger partial charge >= 0.3 is 0 Å². The van der Waals surface area contributed by atoms with Gasteiger partial charge in [0.15, 0.2) is 0 Å². The molecule has 0 amide bonds. The van der Waals surface area contributed by atoms with Gasteiger partial charge in [0, 0.05) is 12.3 Å². The summed E-state index contributed by atoms with van der Waals surface area (Å²) in [7, 11) is 0. The highest BCUT2D eigenvalue weighted by Gasteiger charge is 2.09. The Morgan fingerprint density at radius 3 is 2.86 bits per heavy atom. The minimum Gasteiger partial charge on any atom is -0.491 e. The summed E-state index contributed by atoms with van der Waals surface area (Å²) in [6, 6.07) is 10.9. The lowest BCUT2D eigenvalue weighted by atomic mass is 10.3. The van der Waals surface area contributed by atoms with E-state index in [0.29, 0.717) is 5.75 Å². The van der Waals surface area contributed by atoms with Gasteiger partial charge in [-0.2, -0.15) is 0 Å². The number of pyridine rings is 1. The number of non-ortho nitro benzene ring substituents is 1. The number of nitro benzene ring substituents is 1. The molecular formula is C14H15N3O4. The van der Waals surface area contributed by atoms with E-state index in [1.807, 2.05) is 0 Å². The van der Waals surface area contributed by atoms with E-state index in [1.54, 1.807) is 35.0 Å². The first kappa shape index (κ1) is 14.7. The van der Waals surface area contributed by atoms with Crippen molar-refractivity contribution in [2.75, 3.05) is 6.61 Å². The first-order valence-electron chi connectivity index (χ1n) is 6.31. The fourth-order valence-electron chi connectivity index (χ4n) is 1.79. The number of nitro groups is 1. The number of nitrogens with one attached hydrogen (secondary N) is 1. The molecular weight excluding hydrogens is 274 g/mol. The van der Waals surface area contributed by atoms with Crippen LogP contribution in [0.15, 0.2) is 48.7 Å². The minimum atomic E-state index is -0.819. The number of nitrogens with zero attached hydrogens (tertiary/aromatic N) is 2. The standard InChI is InChI=1S/C14H15N3O4/c15-14-6-1-2-7-16(14)9-12(18)10-21-13-5-3-4-11(8-13)17(19)20/h1-8,12,15,18H,9-10H2. The summed E-state index contributed by atoms with van der Waals surface area (Å²) in [5.74, 6) is 0.326. The van der Waals surface area contributed by atoms with E-state index >= 15 is 0 Å². The molecule has 0 saturated heterocycles. The molecule has 110 valence electrons. The van der Waals surface area contributed by atoms with Gasteiger partial charge < -0.3 is 14.4 Å². The van der Waals surface area contributed by atoms with Gasteiger partial charge in [0.2, 0.25) is 0 Å². The second-order valence-electron chi connectivity index (χ2n) is 4.46. The predicted octanol–water partition coefficient (Wildman–Crippen LogP) is 1.32. The average Bonchev–Trinajstić information content (AvgIpc) is 2.48. The first-order chi connectivity index (χ1) is 10.1. The maximum atomic E-state index is 10.6. The van der Waals surface area contributed by atoms with E-state index in [4.69, 9.17) is 10.1 Å². The number of ether oxygens (including phenoxy) is 1. The van der Waals surface area contributed by atoms with Crippen LogP contribution in [0.25, 0.3) is 0 Å². The van der Waals surface area contributed by atoms with Gasteiger partial charge in [-0.25, -0.2) is 0 Å². The normalized spacial score (nSPS) is 11.9. The third-order valence-corrected chi connectivity index (χ3v) is 2.82. The Labute approximate surface area is 120 Å². The SMILES string of the molecule is N=c1ccccn1CC(O)COc1cccc([N+](=O)[O-])c1. The number of aromatic nitrogens is 1. The Balaban J connectivity index is 1.94. The molecule has 0 aliphatic rings. The van der Waals surface area contributed by atoms with E-state index < -0.39 is 11.0 Å². The van der Waals surface area contributed by atoms with Gasteiger partial charge in [0.05, 0.1) is 17.5 Å². The molecule has 2 rings (SSSR count). The second kappa shape index (κ2) is 6.67. The Bertz CT molecular complexity index is 684. The molecule has 0 saturated carbocycles. The Morgan fingerprint density at radius 2 is 2.14 bits per heavy atom. The zero-order chi connectivity index (χ0) is 15.2. The van der Waals surface area contributed by atoms with Gasteiger partial charge in [-0.3, -0.25) is 15.5 Å². The van der Waals surface area contributed by atoms with Gasteiger partial charge in [-0.05, 0) is 18.2 Å². The molecule has 0 spiro atoms. The van der Waals surface area contributed by atoms with Crippen molar-refractivity contribution in [3.8, 4) is 5.75 Å². The zero-order valence-electron chi connectivity index (χ0n) is 11.2. The summed E-state index contributed by atoms with van der Waals surface area (Å²) < 4.78 is 6.93. The van der Waals surface area contributed by atoms with E-state index in [9.17, 15) is 15.2 Å². The summed E-state index contributed by atoms with van der Waals surface area (Å²) in [6.45, 7) is 0.205. The number of hydrogen-bond acceptors (Lipinski definition) is 5. The number of aliphatic hydroxyl groups excluding tert-OH is 1. The molecule has 0 fully saturated rings. The minimum absolute atomic E-state index is 0.0114. The fourth-order valence-corrected chi connectivity index (χ4v) is 1.79. The smallest absolute Gasteiger partial charge is 0.273 e. The molecule has 1 aromatic carbocycles. The molecule has 1 unspecified atom stereocenters. The highest BCUT2D eigenvalue weighted by molar-refractivity contribution is 5.37. The van der Waals surface area contributed by atoms with Gasteiger partial charge in [-0.1, -0.05) is 12.1 Å². The van der Waals surface area contributed by atoms with Crippen molar-refractivity contribution in [2.24, 2.45) is 0 Å². The van der Waals surface area contributed by atoms with Crippen molar-refractivity contribution < 1.29 is 14.8 Å². The van der Waals surface area contributed by atoms with Crippen LogP contribution in [0.3, 0.4) is 0 Å². The molecule has 7 nitrogen and oxygen atoms in total.